The van der Waals surface area contributed by atoms with Crippen molar-refractivity contribution < 1.29 is 32.9 Å². The molecule has 0 saturated carbocycles. The van der Waals surface area contributed by atoms with Crippen molar-refractivity contribution in [2.75, 3.05) is 40.9 Å². The third-order valence-corrected chi connectivity index (χ3v) is 19.2. The number of likely N-dealkylation sites (N-methyl/N-ethyl adjacent to an activating group) is 1. The van der Waals surface area contributed by atoms with Crippen molar-refractivity contribution >= 4 is 13.7 Å². The molecule has 0 aromatic heterocycles. The number of hydrogen-bond acceptors (Lipinski definition) is 5. The van der Waals surface area contributed by atoms with Gasteiger partial charge in [0.05, 0.1) is 39.9 Å². The summed E-state index contributed by atoms with van der Waals surface area (Å²) in [6.07, 6.45) is 90.9. The highest BCUT2D eigenvalue weighted by molar-refractivity contribution is 7.47. The zero-order chi connectivity index (χ0) is 62.6. The summed E-state index contributed by atoms with van der Waals surface area (Å²) < 4.78 is 23.9. The van der Waals surface area contributed by atoms with Gasteiger partial charge in [-0.05, 0) is 32.1 Å². The average Bonchev–Trinajstić information content (AvgIpc) is 3.70. The maximum absolute atomic E-state index is 13.1. The molecule has 3 unspecified atom stereocenters. The summed E-state index contributed by atoms with van der Waals surface area (Å²) in [7, 11) is 1.58. The number of allylic oxidation sites excluding steroid dienone is 3. The molecule has 0 aromatic rings. The second-order valence-corrected chi connectivity index (χ2v) is 29.5. The first-order valence-corrected chi connectivity index (χ1v) is 40.2. The lowest BCUT2D eigenvalue weighted by atomic mass is 10.0. The highest BCUT2D eigenvalue weighted by atomic mass is 31.2. The summed E-state index contributed by atoms with van der Waals surface area (Å²) >= 11 is 0. The number of hydrogen-bond donors (Lipinski definition) is 3. The Morgan fingerprint density at radius 2 is 0.640 bits per heavy atom. The van der Waals surface area contributed by atoms with E-state index in [4.69, 9.17) is 9.05 Å². The van der Waals surface area contributed by atoms with Gasteiger partial charge < -0.3 is 19.8 Å². The maximum atomic E-state index is 13.1. The van der Waals surface area contributed by atoms with Gasteiger partial charge in [0.2, 0.25) is 5.91 Å². The first kappa shape index (κ1) is 85.0. The number of carbonyl (C=O) groups is 1. The summed E-state index contributed by atoms with van der Waals surface area (Å²) in [4.78, 5) is 23.5. The van der Waals surface area contributed by atoms with Crippen LogP contribution in [0.15, 0.2) is 24.3 Å². The minimum atomic E-state index is -4.36. The molecule has 1 amide bonds. The summed E-state index contributed by atoms with van der Waals surface area (Å²) in [5.74, 6) is -0.177. The van der Waals surface area contributed by atoms with Crippen molar-refractivity contribution in [3.05, 3.63) is 24.3 Å². The molecular formula is C77H154N2O6P+. The zero-order valence-corrected chi connectivity index (χ0v) is 59.7. The van der Waals surface area contributed by atoms with Crippen LogP contribution in [0.5, 0.6) is 0 Å². The molecule has 0 aliphatic heterocycles. The molecule has 0 aliphatic carbocycles. The van der Waals surface area contributed by atoms with Gasteiger partial charge in [-0.1, -0.05) is 398 Å². The third-order valence-electron chi connectivity index (χ3n) is 18.2. The molecule has 9 heteroatoms. The lowest BCUT2D eigenvalue weighted by molar-refractivity contribution is -0.870. The van der Waals surface area contributed by atoms with Crippen LogP contribution in [-0.2, 0) is 18.4 Å². The van der Waals surface area contributed by atoms with Crippen molar-refractivity contribution in [3.8, 4) is 0 Å². The van der Waals surface area contributed by atoms with Crippen LogP contribution in [0.2, 0.25) is 0 Å². The highest BCUT2D eigenvalue weighted by Crippen LogP contribution is 2.43. The molecule has 86 heavy (non-hydrogen) atoms. The normalized spacial score (nSPS) is 13.6. The van der Waals surface area contributed by atoms with Crippen molar-refractivity contribution in [3.63, 3.8) is 0 Å². The van der Waals surface area contributed by atoms with Crippen LogP contribution in [0, 0.1) is 0 Å². The number of amides is 1. The number of phosphoric ester groups is 1. The Morgan fingerprint density at radius 3 is 0.930 bits per heavy atom. The number of quaternary nitrogens is 1. The first-order valence-electron chi connectivity index (χ1n) is 38.7. The molecule has 0 fully saturated rings. The topological polar surface area (TPSA) is 105 Å². The fraction of sp³-hybridized carbons (Fsp3) is 0.935. The molecule has 0 bridgehead atoms. The van der Waals surface area contributed by atoms with Gasteiger partial charge in [-0.3, -0.25) is 13.8 Å². The third kappa shape index (κ3) is 70.4. The summed E-state index contributed by atoms with van der Waals surface area (Å²) in [5.41, 5.74) is 0. The van der Waals surface area contributed by atoms with Gasteiger partial charge in [0.15, 0.2) is 0 Å². The first-order chi connectivity index (χ1) is 42.0. The van der Waals surface area contributed by atoms with Crippen molar-refractivity contribution in [2.45, 2.75) is 424 Å². The van der Waals surface area contributed by atoms with Crippen molar-refractivity contribution in [2.24, 2.45) is 0 Å². The Hall–Kier alpha value is -1.02. The number of unbranched alkanes of at least 4 members (excludes halogenated alkanes) is 58. The lowest BCUT2D eigenvalue weighted by Gasteiger charge is -2.25. The van der Waals surface area contributed by atoms with E-state index in [1.165, 1.54) is 353 Å². The van der Waals surface area contributed by atoms with Crippen LogP contribution in [0.4, 0.5) is 0 Å². The second kappa shape index (κ2) is 68.3. The van der Waals surface area contributed by atoms with Crippen LogP contribution >= 0.6 is 7.82 Å². The molecule has 512 valence electrons. The number of phosphoric acid groups is 1. The van der Waals surface area contributed by atoms with Gasteiger partial charge in [-0.2, -0.15) is 0 Å². The highest BCUT2D eigenvalue weighted by Gasteiger charge is 2.28. The predicted molar refractivity (Wildman–Crippen MR) is 378 cm³/mol. The molecule has 0 rings (SSSR count). The fourth-order valence-electron chi connectivity index (χ4n) is 12.2. The van der Waals surface area contributed by atoms with E-state index in [0.29, 0.717) is 17.4 Å². The smallest absolute Gasteiger partial charge is 0.387 e. The monoisotopic (exact) mass is 1230 g/mol. The standard InChI is InChI=1S/C77H153N2O6P/c1-6-8-10-12-14-16-18-20-22-24-26-28-30-32-34-36-38-39-41-43-45-47-49-51-53-55-57-59-61-63-65-67-69-71-77(81)78-75(74-85-86(82,83)84-73-72-79(3,4)5)76(80)70-68-66-64-62-60-58-56-54-52-50-48-46-44-42-40-37-35-33-31-29-27-25-23-21-19-17-15-13-11-9-7-2/h60,62,68,70,75-76,80H,6-59,61,63-67,69,71-74H2,1-5H3,(H-,78,81,82,83)/p+1/b62-60+,70-68+. The fourth-order valence-corrected chi connectivity index (χ4v) is 12.9. The number of nitrogens with one attached hydrogen (secondary N) is 1. The quantitative estimate of drug-likeness (QED) is 0.0243. The molecule has 0 spiro atoms. The van der Waals surface area contributed by atoms with Crippen LogP contribution in [-0.4, -0.2) is 73.4 Å². The predicted octanol–water partition coefficient (Wildman–Crippen LogP) is 25.0. The summed E-state index contributed by atoms with van der Waals surface area (Å²) in [6.45, 7) is 4.87. The van der Waals surface area contributed by atoms with E-state index in [0.717, 1.165) is 38.5 Å². The lowest BCUT2D eigenvalue weighted by Crippen LogP contribution is -2.45. The Kier molecular flexibility index (Phi) is 67.5. The second-order valence-electron chi connectivity index (χ2n) is 28.1. The van der Waals surface area contributed by atoms with Gasteiger partial charge in [0, 0.05) is 6.42 Å². The van der Waals surface area contributed by atoms with E-state index in [1.807, 2.05) is 27.2 Å². The van der Waals surface area contributed by atoms with Gasteiger partial charge in [-0.25, -0.2) is 4.57 Å². The number of nitrogens with zero attached hydrogens (tertiary/aromatic N) is 1. The molecule has 8 nitrogen and oxygen atoms in total. The number of rotatable bonds is 73. The van der Waals surface area contributed by atoms with Crippen LogP contribution in [0.1, 0.15) is 412 Å². The Labute approximate surface area is 538 Å². The van der Waals surface area contributed by atoms with E-state index in [9.17, 15) is 19.4 Å². The average molecular weight is 1240 g/mol. The Bertz CT molecular complexity index is 1450. The number of carbonyl (C=O) groups excluding carboxylic acids is 1. The van der Waals surface area contributed by atoms with Gasteiger partial charge in [0.1, 0.15) is 13.2 Å². The Balaban J connectivity index is 3.99. The molecule has 3 atom stereocenters. The van der Waals surface area contributed by atoms with E-state index in [-0.39, 0.29) is 19.1 Å². The van der Waals surface area contributed by atoms with E-state index in [1.54, 1.807) is 6.08 Å². The molecular weight excluding hydrogens is 1080 g/mol. The molecule has 0 radical (unpaired) electrons. The molecule has 3 N–H and O–H groups in total. The van der Waals surface area contributed by atoms with Crippen molar-refractivity contribution in [1.82, 2.24) is 5.32 Å². The van der Waals surface area contributed by atoms with Crippen molar-refractivity contribution in [1.29, 1.82) is 0 Å². The zero-order valence-electron chi connectivity index (χ0n) is 58.8. The number of aliphatic hydroxyl groups excluding tert-OH is 1. The van der Waals surface area contributed by atoms with Crippen LogP contribution in [0.3, 0.4) is 0 Å². The maximum Gasteiger partial charge on any atom is 0.472 e. The SMILES string of the molecule is CCCCCCCCCCCCCCCCCCCCCCCCCCC/C=C/CC/C=C/C(O)C(COP(=O)(O)OCC[N+](C)(C)C)NC(=O)CCCCCCCCCCCCCCCCCCCCCCCCCCCCCCCCCCC. The molecule has 0 aromatic carbocycles. The Morgan fingerprint density at radius 1 is 0.384 bits per heavy atom. The minimum Gasteiger partial charge on any atom is -0.387 e. The summed E-state index contributed by atoms with van der Waals surface area (Å²) in [6, 6.07) is -0.862. The molecule has 0 heterocycles. The summed E-state index contributed by atoms with van der Waals surface area (Å²) in [5, 5.41) is 14.0. The van der Waals surface area contributed by atoms with E-state index >= 15 is 0 Å². The molecule has 0 aliphatic rings. The van der Waals surface area contributed by atoms with Gasteiger partial charge >= 0.3 is 7.82 Å². The number of aliphatic hydroxyl groups is 1. The minimum absolute atomic E-state index is 0.0592. The van der Waals surface area contributed by atoms with E-state index < -0.39 is 20.0 Å². The largest absolute Gasteiger partial charge is 0.472 e. The van der Waals surface area contributed by atoms with Gasteiger partial charge in [0.25, 0.3) is 0 Å². The molecule has 0 saturated heterocycles. The van der Waals surface area contributed by atoms with Crippen LogP contribution < -0.4 is 5.32 Å². The van der Waals surface area contributed by atoms with Crippen LogP contribution in [0.25, 0.3) is 0 Å². The van der Waals surface area contributed by atoms with Gasteiger partial charge in [-0.15, -0.1) is 0 Å². The van der Waals surface area contributed by atoms with E-state index in [2.05, 4.69) is 31.3 Å².